The molecule has 0 aliphatic rings. The van der Waals surface area contributed by atoms with Gasteiger partial charge in [-0.1, -0.05) is 6.07 Å². The number of methoxy groups -OCH3 is 1. The summed E-state index contributed by atoms with van der Waals surface area (Å²) in [5.41, 5.74) is 5.25. The van der Waals surface area contributed by atoms with E-state index in [1.165, 1.54) is 5.39 Å². The zero-order chi connectivity index (χ0) is 15.8. The highest BCUT2D eigenvalue weighted by Crippen LogP contribution is 2.24. The Balaban J connectivity index is 1.82. The molecule has 114 valence electrons. The van der Waals surface area contributed by atoms with Crippen molar-refractivity contribution in [3.05, 3.63) is 66.0 Å². The predicted molar refractivity (Wildman–Crippen MR) is 94.7 cm³/mol. The van der Waals surface area contributed by atoms with Crippen LogP contribution in [0.2, 0.25) is 0 Å². The van der Waals surface area contributed by atoms with Crippen LogP contribution in [0.5, 0.6) is 5.75 Å². The monoisotopic (exact) mass is 303 g/mol. The van der Waals surface area contributed by atoms with Gasteiger partial charge < -0.3 is 14.7 Å². The van der Waals surface area contributed by atoms with Gasteiger partial charge in [0.1, 0.15) is 5.75 Å². The second-order valence-electron chi connectivity index (χ2n) is 5.49. The molecule has 0 saturated carbocycles. The van der Waals surface area contributed by atoms with Crippen LogP contribution < -0.4 is 4.74 Å². The molecule has 2 aromatic carbocycles. The van der Waals surface area contributed by atoms with Crippen molar-refractivity contribution in [3.63, 3.8) is 0 Å². The Morgan fingerprint density at radius 1 is 0.957 bits per heavy atom. The van der Waals surface area contributed by atoms with Gasteiger partial charge in [-0.2, -0.15) is 0 Å². The minimum Gasteiger partial charge on any atom is -0.497 e. The number of aliphatic imine (C=N–C) groups is 1. The number of rotatable bonds is 3. The molecule has 4 aromatic rings. The summed E-state index contributed by atoms with van der Waals surface area (Å²) in [6.07, 6.45) is 1.95. The first-order chi connectivity index (χ1) is 11.3. The summed E-state index contributed by atoms with van der Waals surface area (Å²) in [6, 6.07) is 16.5. The zero-order valence-electron chi connectivity index (χ0n) is 13.1. The average molecular weight is 303 g/mol. The van der Waals surface area contributed by atoms with E-state index in [9.17, 15) is 0 Å². The highest BCUT2D eigenvalue weighted by atomic mass is 16.5. The normalized spacial score (nSPS) is 12.2. The maximum atomic E-state index is 5.29. The van der Waals surface area contributed by atoms with Gasteiger partial charge in [-0.15, -0.1) is 0 Å². The molecule has 0 saturated heterocycles. The molecule has 4 rings (SSSR count). The molecule has 0 amide bonds. The van der Waals surface area contributed by atoms with E-state index in [-0.39, 0.29) is 0 Å². The summed E-state index contributed by atoms with van der Waals surface area (Å²) >= 11 is 0. The van der Waals surface area contributed by atoms with E-state index in [0.29, 0.717) is 0 Å². The molecule has 0 radical (unpaired) electrons. The number of H-pyrrole nitrogens is 2. The van der Waals surface area contributed by atoms with Crippen LogP contribution in [-0.4, -0.2) is 29.8 Å². The number of hydrogen-bond donors (Lipinski definition) is 2. The lowest BCUT2D eigenvalue weighted by Crippen LogP contribution is -2.03. The lowest BCUT2D eigenvalue weighted by Gasteiger charge is -2.04. The average Bonchev–Trinajstić information content (AvgIpc) is 3.20. The summed E-state index contributed by atoms with van der Waals surface area (Å²) in [6.45, 7) is 0. The topological polar surface area (TPSA) is 53.2 Å². The quantitative estimate of drug-likeness (QED) is 0.549. The first kappa shape index (κ1) is 13.6. The molecule has 2 N–H and O–H groups in total. The molecule has 2 heterocycles. The smallest absolute Gasteiger partial charge is 0.119 e. The minimum absolute atomic E-state index is 0.853. The van der Waals surface area contributed by atoms with Gasteiger partial charge in [-0.25, -0.2) is 0 Å². The van der Waals surface area contributed by atoms with E-state index in [1.807, 2.05) is 31.4 Å². The van der Waals surface area contributed by atoms with Gasteiger partial charge in [-0.05, 0) is 42.5 Å². The van der Waals surface area contributed by atoms with Crippen LogP contribution in [0.25, 0.3) is 21.8 Å². The Bertz CT molecular complexity index is 1020. The predicted octanol–water partition coefficient (Wildman–Crippen LogP) is 4.13. The third-order valence-electron chi connectivity index (χ3n) is 4.13. The highest BCUT2D eigenvalue weighted by Gasteiger charge is 2.11. The van der Waals surface area contributed by atoms with Gasteiger partial charge in [0.2, 0.25) is 0 Å². The summed E-state index contributed by atoms with van der Waals surface area (Å²) < 4.78 is 5.29. The number of fused-ring (bicyclic) bond motifs is 2. The van der Waals surface area contributed by atoms with Crippen molar-refractivity contribution in [3.8, 4) is 5.75 Å². The first-order valence-electron chi connectivity index (χ1n) is 7.50. The molecule has 2 aromatic heterocycles. The van der Waals surface area contributed by atoms with Crippen molar-refractivity contribution in [1.29, 1.82) is 0 Å². The standard InChI is InChI=1S/C19H17N3O/c1-20-19(13-3-5-16-12(9-13)7-8-21-16)18-11-14-10-15(23-2)4-6-17(14)22-18/h3-11,21-22H,1-2H3/b20-19+. The lowest BCUT2D eigenvalue weighted by molar-refractivity contribution is 0.415. The molecule has 0 bridgehead atoms. The molecule has 0 aliphatic heterocycles. The van der Waals surface area contributed by atoms with E-state index in [2.05, 4.69) is 45.3 Å². The van der Waals surface area contributed by atoms with Crippen LogP contribution in [-0.2, 0) is 0 Å². The minimum atomic E-state index is 0.853. The summed E-state index contributed by atoms with van der Waals surface area (Å²) in [5.74, 6) is 0.853. The summed E-state index contributed by atoms with van der Waals surface area (Å²) in [7, 11) is 3.50. The van der Waals surface area contributed by atoms with E-state index >= 15 is 0 Å². The molecule has 0 spiro atoms. The Morgan fingerprint density at radius 3 is 2.65 bits per heavy atom. The number of ether oxygens (including phenoxy) is 1. The molecule has 0 atom stereocenters. The maximum absolute atomic E-state index is 5.29. The van der Waals surface area contributed by atoms with Crippen LogP contribution in [0.1, 0.15) is 11.3 Å². The van der Waals surface area contributed by atoms with Crippen molar-refractivity contribution in [1.82, 2.24) is 9.97 Å². The molecule has 4 nitrogen and oxygen atoms in total. The number of nitrogens with zero attached hydrogens (tertiary/aromatic N) is 1. The third-order valence-corrected chi connectivity index (χ3v) is 4.13. The zero-order valence-corrected chi connectivity index (χ0v) is 13.1. The molecule has 0 fully saturated rings. The molecular formula is C19H17N3O. The fraction of sp³-hybridized carbons (Fsp3) is 0.105. The highest BCUT2D eigenvalue weighted by molar-refractivity contribution is 6.14. The number of nitrogens with one attached hydrogen (secondary N) is 2. The number of aromatic nitrogens is 2. The van der Waals surface area contributed by atoms with Gasteiger partial charge in [-0.3, -0.25) is 4.99 Å². The van der Waals surface area contributed by atoms with Crippen LogP contribution in [0.4, 0.5) is 0 Å². The van der Waals surface area contributed by atoms with E-state index in [1.54, 1.807) is 7.11 Å². The first-order valence-corrected chi connectivity index (χ1v) is 7.50. The maximum Gasteiger partial charge on any atom is 0.119 e. The van der Waals surface area contributed by atoms with Crippen LogP contribution in [0, 0.1) is 0 Å². The summed E-state index contributed by atoms with van der Waals surface area (Å²) in [4.78, 5) is 11.2. The summed E-state index contributed by atoms with van der Waals surface area (Å²) in [5, 5.41) is 2.30. The Morgan fingerprint density at radius 2 is 1.83 bits per heavy atom. The molecule has 0 aliphatic carbocycles. The molecular weight excluding hydrogens is 286 g/mol. The van der Waals surface area contributed by atoms with E-state index in [0.717, 1.165) is 39.1 Å². The molecule has 23 heavy (non-hydrogen) atoms. The number of hydrogen-bond acceptors (Lipinski definition) is 2. The van der Waals surface area contributed by atoms with Crippen molar-refractivity contribution >= 4 is 27.5 Å². The largest absolute Gasteiger partial charge is 0.497 e. The van der Waals surface area contributed by atoms with Gasteiger partial charge in [0.25, 0.3) is 0 Å². The van der Waals surface area contributed by atoms with Crippen molar-refractivity contribution < 1.29 is 4.74 Å². The van der Waals surface area contributed by atoms with Gasteiger partial charge in [0.05, 0.1) is 18.5 Å². The van der Waals surface area contributed by atoms with Gasteiger partial charge >= 0.3 is 0 Å². The lowest BCUT2D eigenvalue weighted by atomic mass is 10.1. The van der Waals surface area contributed by atoms with Crippen molar-refractivity contribution in [2.45, 2.75) is 0 Å². The molecule has 4 heteroatoms. The second-order valence-corrected chi connectivity index (χ2v) is 5.49. The van der Waals surface area contributed by atoms with Gasteiger partial charge in [0.15, 0.2) is 0 Å². The van der Waals surface area contributed by atoms with E-state index in [4.69, 9.17) is 4.74 Å². The van der Waals surface area contributed by atoms with Crippen LogP contribution in [0.15, 0.2) is 59.7 Å². The Hall–Kier alpha value is -3.01. The van der Waals surface area contributed by atoms with E-state index < -0.39 is 0 Å². The Kier molecular flexibility index (Phi) is 3.15. The van der Waals surface area contributed by atoms with Crippen LogP contribution >= 0.6 is 0 Å². The SMILES string of the molecule is C/N=C(\c1ccc2[nH]ccc2c1)c1cc2cc(OC)ccc2[nH]1. The molecule has 0 unspecified atom stereocenters. The third kappa shape index (κ3) is 2.28. The number of benzene rings is 2. The fourth-order valence-electron chi connectivity index (χ4n) is 2.97. The van der Waals surface area contributed by atoms with Crippen molar-refractivity contribution in [2.24, 2.45) is 4.99 Å². The van der Waals surface area contributed by atoms with Gasteiger partial charge in [0, 0.05) is 40.6 Å². The fourth-order valence-corrected chi connectivity index (χ4v) is 2.97. The second kappa shape index (κ2) is 5.32. The number of aromatic amines is 2. The Labute approximate surface area is 133 Å². The van der Waals surface area contributed by atoms with Crippen LogP contribution in [0.3, 0.4) is 0 Å². The van der Waals surface area contributed by atoms with Crippen molar-refractivity contribution in [2.75, 3.05) is 14.2 Å².